The molecule has 2 aromatic carbocycles. The molecule has 0 saturated carbocycles. The Bertz CT molecular complexity index is 917. The Morgan fingerprint density at radius 2 is 2.00 bits per heavy atom. The molecule has 1 amide bonds. The molecule has 0 radical (unpaired) electrons. The van der Waals surface area contributed by atoms with Gasteiger partial charge >= 0.3 is 0 Å². The third-order valence-corrected chi connectivity index (χ3v) is 4.92. The summed E-state index contributed by atoms with van der Waals surface area (Å²) in [5.41, 5.74) is 1.23. The number of hydrogen-bond donors (Lipinski definition) is 1. The molecule has 0 spiro atoms. The van der Waals surface area contributed by atoms with Crippen LogP contribution in [0.3, 0.4) is 0 Å². The zero-order valence-electron chi connectivity index (χ0n) is 13.9. The van der Waals surface area contributed by atoms with Crippen molar-refractivity contribution >= 4 is 35.0 Å². The minimum atomic E-state index is -0.570. The topological polar surface area (TPSA) is 59.8 Å². The van der Waals surface area contributed by atoms with Crippen molar-refractivity contribution in [1.29, 1.82) is 0 Å². The monoisotopic (exact) mass is 390 g/mol. The quantitative estimate of drug-likeness (QED) is 0.648. The van der Waals surface area contributed by atoms with Crippen molar-refractivity contribution in [2.75, 3.05) is 11.1 Å². The minimum absolute atomic E-state index is 0.0966. The summed E-state index contributed by atoms with van der Waals surface area (Å²) in [6, 6.07) is 14.1. The van der Waals surface area contributed by atoms with Gasteiger partial charge in [0.1, 0.15) is 11.6 Å². The molecule has 5 nitrogen and oxygen atoms in total. The maximum Gasteiger partial charge on any atom is 0.234 e. The summed E-state index contributed by atoms with van der Waals surface area (Å²) >= 11 is 6.94. The number of anilines is 1. The maximum atomic E-state index is 13.7. The SMILES string of the molecule is Cn1c(Cc2ccccc2)nnc1SCC(=O)Nc1ccc(Cl)cc1F. The van der Waals surface area contributed by atoms with Gasteiger partial charge in [0, 0.05) is 18.5 Å². The molecule has 0 saturated heterocycles. The van der Waals surface area contributed by atoms with Crippen LogP contribution in [-0.2, 0) is 18.3 Å². The maximum absolute atomic E-state index is 13.7. The van der Waals surface area contributed by atoms with E-state index in [2.05, 4.69) is 15.5 Å². The van der Waals surface area contributed by atoms with Gasteiger partial charge in [0.25, 0.3) is 0 Å². The first kappa shape index (κ1) is 18.4. The van der Waals surface area contributed by atoms with Gasteiger partial charge in [-0.05, 0) is 23.8 Å². The van der Waals surface area contributed by atoms with Gasteiger partial charge in [-0.1, -0.05) is 53.7 Å². The third kappa shape index (κ3) is 4.62. The zero-order chi connectivity index (χ0) is 18.5. The van der Waals surface area contributed by atoms with E-state index in [1.807, 2.05) is 41.9 Å². The Hall–Kier alpha value is -2.38. The number of nitrogens with one attached hydrogen (secondary N) is 1. The normalized spacial score (nSPS) is 10.7. The number of hydrogen-bond acceptors (Lipinski definition) is 4. The fraction of sp³-hybridized carbons (Fsp3) is 0.167. The van der Waals surface area contributed by atoms with Crippen molar-refractivity contribution in [3.63, 3.8) is 0 Å². The first-order valence-corrected chi connectivity index (χ1v) is 9.19. The standard InChI is InChI=1S/C18H16ClFN4OS/c1-24-16(9-12-5-3-2-4-6-12)22-23-18(24)26-11-17(25)21-15-8-7-13(19)10-14(15)20/h2-8,10H,9,11H2,1H3,(H,21,25). The van der Waals surface area contributed by atoms with Crippen molar-refractivity contribution in [2.24, 2.45) is 7.05 Å². The lowest BCUT2D eigenvalue weighted by Gasteiger charge is -2.07. The molecule has 0 atom stereocenters. The van der Waals surface area contributed by atoms with Crippen LogP contribution >= 0.6 is 23.4 Å². The first-order chi connectivity index (χ1) is 12.5. The molecule has 8 heteroatoms. The summed E-state index contributed by atoms with van der Waals surface area (Å²) in [7, 11) is 1.86. The smallest absolute Gasteiger partial charge is 0.234 e. The van der Waals surface area contributed by atoms with Gasteiger partial charge in [-0.3, -0.25) is 4.79 Å². The van der Waals surface area contributed by atoms with Gasteiger partial charge in [0.05, 0.1) is 11.4 Å². The van der Waals surface area contributed by atoms with Crippen LogP contribution in [0, 0.1) is 5.82 Å². The summed E-state index contributed by atoms with van der Waals surface area (Å²) in [5, 5.41) is 11.7. The minimum Gasteiger partial charge on any atom is -0.323 e. The molecule has 0 fully saturated rings. The highest BCUT2D eigenvalue weighted by atomic mass is 35.5. The number of halogens is 2. The molecule has 0 bridgehead atoms. The van der Waals surface area contributed by atoms with Crippen LogP contribution in [0.25, 0.3) is 0 Å². The summed E-state index contributed by atoms with van der Waals surface area (Å²) < 4.78 is 15.6. The van der Waals surface area contributed by atoms with Gasteiger partial charge in [0.2, 0.25) is 5.91 Å². The van der Waals surface area contributed by atoms with Crippen LogP contribution in [-0.4, -0.2) is 26.4 Å². The zero-order valence-corrected chi connectivity index (χ0v) is 15.5. The Kier molecular flexibility index (Phi) is 5.90. The molecule has 0 unspecified atom stereocenters. The molecule has 1 N–H and O–H groups in total. The molecule has 3 aromatic rings. The van der Waals surface area contributed by atoms with E-state index in [4.69, 9.17) is 11.6 Å². The van der Waals surface area contributed by atoms with E-state index in [1.165, 1.54) is 23.9 Å². The summed E-state index contributed by atoms with van der Waals surface area (Å²) in [6.07, 6.45) is 0.660. The lowest BCUT2D eigenvalue weighted by atomic mass is 10.1. The number of carbonyl (C=O) groups is 1. The van der Waals surface area contributed by atoms with E-state index in [0.717, 1.165) is 17.5 Å². The van der Waals surface area contributed by atoms with Crippen molar-refractivity contribution in [3.05, 3.63) is 70.8 Å². The number of rotatable bonds is 6. The molecule has 0 aliphatic rings. The Labute approximate surface area is 159 Å². The van der Waals surface area contributed by atoms with Crippen LogP contribution in [0.1, 0.15) is 11.4 Å². The number of thioether (sulfide) groups is 1. The Morgan fingerprint density at radius 3 is 2.73 bits per heavy atom. The van der Waals surface area contributed by atoms with E-state index in [9.17, 15) is 9.18 Å². The third-order valence-electron chi connectivity index (χ3n) is 3.67. The van der Waals surface area contributed by atoms with E-state index in [0.29, 0.717) is 11.6 Å². The summed E-state index contributed by atoms with van der Waals surface area (Å²) in [4.78, 5) is 12.0. The van der Waals surface area contributed by atoms with E-state index >= 15 is 0 Å². The van der Waals surface area contributed by atoms with E-state index in [-0.39, 0.29) is 22.4 Å². The lowest BCUT2D eigenvalue weighted by molar-refractivity contribution is -0.113. The van der Waals surface area contributed by atoms with Gasteiger partial charge in [-0.25, -0.2) is 4.39 Å². The van der Waals surface area contributed by atoms with E-state index in [1.54, 1.807) is 0 Å². The number of amides is 1. The average molecular weight is 391 g/mol. The molecular weight excluding hydrogens is 375 g/mol. The highest BCUT2D eigenvalue weighted by molar-refractivity contribution is 7.99. The predicted molar refractivity (Wildman–Crippen MR) is 101 cm³/mol. The molecule has 0 aliphatic heterocycles. The van der Waals surface area contributed by atoms with Gasteiger partial charge in [-0.15, -0.1) is 10.2 Å². The fourth-order valence-electron chi connectivity index (χ4n) is 2.31. The number of benzene rings is 2. The highest BCUT2D eigenvalue weighted by Crippen LogP contribution is 2.21. The van der Waals surface area contributed by atoms with E-state index < -0.39 is 5.82 Å². The van der Waals surface area contributed by atoms with Gasteiger partial charge in [0.15, 0.2) is 5.16 Å². The molecule has 26 heavy (non-hydrogen) atoms. The van der Waals surface area contributed by atoms with Crippen LogP contribution in [0.4, 0.5) is 10.1 Å². The largest absolute Gasteiger partial charge is 0.323 e. The molecule has 3 rings (SSSR count). The van der Waals surface area contributed by atoms with Gasteiger partial charge in [-0.2, -0.15) is 0 Å². The fourth-order valence-corrected chi connectivity index (χ4v) is 3.20. The second kappa shape index (κ2) is 8.33. The predicted octanol–water partition coefficient (Wildman–Crippen LogP) is 3.93. The van der Waals surface area contributed by atoms with Crippen molar-refractivity contribution in [3.8, 4) is 0 Å². The molecule has 0 aliphatic carbocycles. The number of nitrogens with zero attached hydrogens (tertiary/aromatic N) is 3. The van der Waals surface area contributed by atoms with Crippen LogP contribution in [0.5, 0.6) is 0 Å². The summed E-state index contributed by atoms with van der Waals surface area (Å²) in [5.74, 6) is 0.00525. The lowest BCUT2D eigenvalue weighted by Crippen LogP contribution is -2.15. The number of aromatic nitrogens is 3. The second-order valence-electron chi connectivity index (χ2n) is 5.58. The first-order valence-electron chi connectivity index (χ1n) is 7.83. The Morgan fingerprint density at radius 1 is 1.23 bits per heavy atom. The molecular formula is C18H16ClFN4OS. The highest BCUT2D eigenvalue weighted by Gasteiger charge is 2.13. The van der Waals surface area contributed by atoms with Crippen LogP contribution in [0.15, 0.2) is 53.7 Å². The molecule has 1 aromatic heterocycles. The number of carbonyl (C=O) groups excluding carboxylic acids is 1. The average Bonchev–Trinajstić information content (AvgIpc) is 2.96. The Balaban J connectivity index is 1.58. The molecule has 134 valence electrons. The van der Waals surface area contributed by atoms with Crippen LogP contribution in [0.2, 0.25) is 5.02 Å². The molecule has 1 heterocycles. The van der Waals surface area contributed by atoms with Gasteiger partial charge < -0.3 is 9.88 Å². The summed E-state index contributed by atoms with van der Waals surface area (Å²) in [6.45, 7) is 0. The second-order valence-corrected chi connectivity index (χ2v) is 6.96. The van der Waals surface area contributed by atoms with Crippen molar-refractivity contribution in [1.82, 2.24) is 14.8 Å². The van der Waals surface area contributed by atoms with Crippen molar-refractivity contribution < 1.29 is 9.18 Å². The van der Waals surface area contributed by atoms with Crippen LogP contribution < -0.4 is 5.32 Å². The van der Waals surface area contributed by atoms with Crippen molar-refractivity contribution in [2.45, 2.75) is 11.6 Å².